The molecule has 4 nitrogen and oxygen atoms in total. The van der Waals surface area contributed by atoms with Crippen LogP contribution in [0.15, 0.2) is 60.7 Å². The number of carbonyl (C=O) groups excluding carboxylic acids is 1. The van der Waals surface area contributed by atoms with Gasteiger partial charge in [0.05, 0.1) is 5.41 Å². The van der Waals surface area contributed by atoms with E-state index in [4.69, 9.17) is 4.74 Å². The number of nitrogens with zero attached hydrogens (tertiary/aromatic N) is 1. The smallest absolute Gasteiger partial charge is 0.243 e. The second-order valence-corrected chi connectivity index (χ2v) is 11.1. The number of rotatable bonds is 1. The maximum atomic E-state index is 13.9. The Labute approximate surface area is 189 Å². The first-order chi connectivity index (χ1) is 15.1. The number of carbonyl (C=O) groups is 1. The highest BCUT2D eigenvalue weighted by atomic mass is 16.5. The third-order valence-electron chi connectivity index (χ3n) is 7.71. The molecule has 1 saturated heterocycles. The van der Waals surface area contributed by atoms with Gasteiger partial charge in [-0.2, -0.15) is 0 Å². The van der Waals surface area contributed by atoms with Gasteiger partial charge in [-0.1, -0.05) is 48.5 Å². The molecule has 3 aromatic carbocycles. The van der Waals surface area contributed by atoms with Crippen LogP contribution in [-0.2, 0) is 10.2 Å². The molecular weight excluding hydrogens is 396 g/mol. The molecule has 3 aromatic rings. The van der Waals surface area contributed by atoms with Crippen LogP contribution in [0.2, 0.25) is 0 Å². The zero-order chi connectivity index (χ0) is 22.5. The van der Waals surface area contributed by atoms with Crippen LogP contribution in [-0.4, -0.2) is 23.2 Å². The first-order valence-electron chi connectivity index (χ1n) is 11.6. The Kier molecular flexibility index (Phi) is 3.72. The lowest BCUT2D eigenvalue weighted by atomic mass is 9.72. The Morgan fingerprint density at radius 1 is 1.03 bits per heavy atom. The lowest BCUT2D eigenvalue weighted by molar-refractivity contribution is -0.124. The van der Waals surface area contributed by atoms with Crippen LogP contribution in [0.5, 0.6) is 5.75 Å². The summed E-state index contributed by atoms with van der Waals surface area (Å²) in [5.74, 6) is 1.04. The maximum Gasteiger partial charge on any atom is 0.243 e. The molecule has 1 spiro atoms. The monoisotopic (exact) mass is 426 g/mol. The molecule has 3 atom stereocenters. The zero-order valence-electron chi connectivity index (χ0n) is 19.4. The van der Waals surface area contributed by atoms with E-state index in [9.17, 15) is 4.79 Å². The molecule has 1 amide bonds. The molecule has 0 saturated carbocycles. The van der Waals surface area contributed by atoms with Gasteiger partial charge in [-0.3, -0.25) is 4.79 Å². The van der Waals surface area contributed by atoms with Crippen molar-refractivity contribution in [3.05, 3.63) is 71.8 Å². The Morgan fingerprint density at radius 2 is 1.75 bits per heavy atom. The predicted molar refractivity (Wildman–Crippen MR) is 128 cm³/mol. The van der Waals surface area contributed by atoms with Crippen molar-refractivity contribution in [2.24, 2.45) is 0 Å². The maximum absolute atomic E-state index is 13.9. The van der Waals surface area contributed by atoms with Crippen molar-refractivity contribution in [2.45, 2.75) is 69.7 Å². The number of hydrogen-bond donors (Lipinski definition) is 1. The van der Waals surface area contributed by atoms with E-state index in [0.29, 0.717) is 0 Å². The standard InChI is InChI=1S/C28H30N2O2/c1-26(2,3)29-25(31)24-19-16-28(27(4,5)20-12-8-9-13-21(20)30(24)28)32-22-15-14-17-10-6-7-11-18(17)23(19)22/h6-15,19,24H,16H2,1-5H3,(H,29,31)/t19-,24-,28-/m0/s1. The summed E-state index contributed by atoms with van der Waals surface area (Å²) in [4.78, 5) is 16.2. The minimum Gasteiger partial charge on any atom is -0.467 e. The summed E-state index contributed by atoms with van der Waals surface area (Å²) in [6.07, 6.45) is 0.790. The number of para-hydroxylation sites is 1. The number of amides is 1. The van der Waals surface area contributed by atoms with Crippen molar-refractivity contribution < 1.29 is 9.53 Å². The van der Waals surface area contributed by atoms with Crippen LogP contribution in [0.3, 0.4) is 0 Å². The van der Waals surface area contributed by atoms with E-state index in [1.165, 1.54) is 21.9 Å². The summed E-state index contributed by atoms with van der Waals surface area (Å²) in [5.41, 5.74) is 2.38. The largest absolute Gasteiger partial charge is 0.467 e. The average molecular weight is 427 g/mol. The molecule has 1 fully saturated rings. The van der Waals surface area contributed by atoms with Gasteiger partial charge in [0.1, 0.15) is 11.8 Å². The van der Waals surface area contributed by atoms with Gasteiger partial charge in [-0.15, -0.1) is 0 Å². The molecule has 0 radical (unpaired) electrons. The first-order valence-corrected chi connectivity index (χ1v) is 11.6. The number of benzene rings is 3. The Morgan fingerprint density at radius 3 is 2.53 bits per heavy atom. The fraction of sp³-hybridized carbons (Fsp3) is 0.393. The van der Waals surface area contributed by atoms with Crippen LogP contribution in [0.25, 0.3) is 10.8 Å². The second kappa shape index (κ2) is 6.06. The summed E-state index contributed by atoms with van der Waals surface area (Å²) >= 11 is 0. The van der Waals surface area contributed by atoms with Gasteiger partial charge in [-0.05, 0) is 63.1 Å². The molecule has 32 heavy (non-hydrogen) atoms. The fourth-order valence-corrected chi connectivity index (χ4v) is 6.39. The average Bonchev–Trinajstić information content (AvgIpc) is 3.11. The summed E-state index contributed by atoms with van der Waals surface area (Å²) in [5, 5.41) is 5.66. The quantitative estimate of drug-likeness (QED) is 0.559. The van der Waals surface area contributed by atoms with Crippen molar-refractivity contribution in [3.8, 4) is 5.75 Å². The molecule has 6 rings (SSSR count). The molecule has 2 bridgehead atoms. The summed E-state index contributed by atoms with van der Waals surface area (Å²) in [6.45, 7) is 10.7. The van der Waals surface area contributed by atoms with Gasteiger partial charge >= 0.3 is 0 Å². The molecule has 164 valence electrons. The minimum absolute atomic E-state index is 0.0554. The highest BCUT2D eigenvalue weighted by Crippen LogP contribution is 2.65. The number of nitrogens with one attached hydrogen (secondary N) is 1. The van der Waals surface area contributed by atoms with Gasteiger partial charge in [0.25, 0.3) is 0 Å². The first kappa shape index (κ1) is 19.7. The van der Waals surface area contributed by atoms with Gasteiger partial charge in [0.2, 0.25) is 5.91 Å². The molecule has 3 heterocycles. The van der Waals surface area contributed by atoms with Crippen LogP contribution in [0.1, 0.15) is 58.1 Å². The van der Waals surface area contributed by atoms with E-state index in [1.54, 1.807) is 0 Å². The Hall–Kier alpha value is -3.01. The van der Waals surface area contributed by atoms with Gasteiger partial charge < -0.3 is 15.0 Å². The fourth-order valence-electron chi connectivity index (χ4n) is 6.39. The minimum atomic E-state index is -0.587. The van der Waals surface area contributed by atoms with Gasteiger partial charge in [-0.25, -0.2) is 0 Å². The van der Waals surface area contributed by atoms with Gasteiger partial charge in [0, 0.05) is 29.1 Å². The lowest BCUT2D eigenvalue weighted by Crippen LogP contribution is -2.60. The van der Waals surface area contributed by atoms with E-state index >= 15 is 0 Å². The summed E-state index contributed by atoms with van der Waals surface area (Å²) in [7, 11) is 0. The van der Waals surface area contributed by atoms with Crippen molar-refractivity contribution in [3.63, 3.8) is 0 Å². The molecule has 3 aliphatic heterocycles. The van der Waals surface area contributed by atoms with E-state index in [-0.39, 0.29) is 28.8 Å². The molecule has 0 aliphatic carbocycles. The third kappa shape index (κ3) is 2.35. The van der Waals surface area contributed by atoms with Crippen molar-refractivity contribution >= 4 is 22.4 Å². The lowest BCUT2D eigenvalue weighted by Gasteiger charge is -2.45. The number of fused-ring (bicyclic) bond motifs is 7. The second-order valence-electron chi connectivity index (χ2n) is 11.1. The SMILES string of the molecule is CC(C)(C)NC(=O)[C@@H]1[C@H]2C[C@@]3(Oc4ccc5ccccc5c42)N1c1ccccc1C3(C)C. The highest BCUT2D eigenvalue weighted by Gasteiger charge is 2.70. The molecule has 0 aromatic heterocycles. The number of anilines is 1. The van der Waals surface area contributed by atoms with Crippen LogP contribution < -0.4 is 15.0 Å². The molecular formula is C28H30N2O2. The topological polar surface area (TPSA) is 41.6 Å². The Balaban J connectivity index is 1.62. The number of ether oxygens (including phenoxy) is 1. The van der Waals surface area contributed by atoms with Crippen molar-refractivity contribution in [1.82, 2.24) is 5.32 Å². The van der Waals surface area contributed by atoms with Crippen molar-refractivity contribution in [1.29, 1.82) is 0 Å². The molecule has 3 aliphatic rings. The molecule has 0 unspecified atom stereocenters. The normalized spacial score (nSPS) is 26.8. The summed E-state index contributed by atoms with van der Waals surface area (Å²) in [6, 6.07) is 20.9. The zero-order valence-corrected chi connectivity index (χ0v) is 19.4. The summed E-state index contributed by atoms with van der Waals surface area (Å²) < 4.78 is 7.00. The van der Waals surface area contributed by atoms with E-state index in [0.717, 1.165) is 17.9 Å². The third-order valence-corrected chi connectivity index (χ3v) is 7.71. The van der Waals surface area contributed by atoms with Crippen LogP contribution in [0, 0.1) is 0 Å². The highest BCUT2D eigenvalue weighted by molar-refractivity contribution is 5.95. The predicted octanol–water partition coefficient (Wildman–Crippen LogP) is 5.50. The van der Waals surface area contributed by atoms with E-state index in [1.807, 2.05) is 20.8 Å². The molecule has 4 heteroatoms. The van der Waals surface area contributed by atoms with E-state index in [2.05, 4.69) is 84.7 Å². The molecule has 1 N–H and O–H groups in total. The number of hydrogen-bond acceptors (Lipinski definition) is 3. The van der Waals surface area contributed by atoms with Crippen molar-refractivity contribution in [2.75, 3.05) is 4.90 Å². The van der Waals surface area contributed by atoms with Crippen LogP contribution in [0.4, 0.5) is 5.69 Å². The van der Waals surface area contributed by atoms with Gasteiger partial charge in [0.15, 0.2) is 5.72 Å². The van der Waals surface area contributed by atoms with E-state index < -0.39 is 5.72 Å². The van der Waals surface area contributed by atoms with Crippen LogP contribution >= 0.6 is 0 Å². The Bertz CT molecular complexity index is 1270.